The molecule has 4 N–H and O–H groups in total. The number of hydrogen-bond donors (Lipinski definition) is 2. The Balaban J connectivity index is 3.18. The Morgan fingerprint density at radius 3 is 2.75 bits per heavy atom. The van der Waals surface area contributed by atoms with Crippen molar-refractivity contribution in [3.63, 3.8) is 0 Å². The summed E-state index contributed by atoms with van der Waals surface area (Å²) in [4.78, 5) is 25.9. The summed E-state index contributed by atoms with van der Waals surface area (Å²) < 4.78 is 0.945. The fourth-order valence-electron chi connectivity index (χ4n) is 1.52. The minimum absolute atomic E-state index is 0.0115. The lowest BCUT2D eigenvalue weighted by molar-refractivity contribution is -0.108. The molecule has 1 aromatic rings. The monoisotopic (exact) mass is 224 g/mol. The van der Waals surface area contributed by atoms with Crippen LogP contribution in [-0.2, 0) is 10.2 Å². The first-order chi connectivity index (χ1) is 7.40. The second kappa shape index (κ2) is 4.34. The highest BCUT2D eigenvalue weighted by molar-refractivity contribution is 5.49. The minimum Gasteiger partial charge on any atom is -0.393 e. The highest BCUT2D eigenvalue weighted by Gasteiger charge is 2.25. The van der Waals surface area contributed by atoms with E-state index in [0.717, 1.165) is 11.0 Å². The molecule has 0 bridgehead atoms. The lowest BCUT2D eigenvalue weighted by Gasteiger charge is -2.24. The fourth-order valence-corrected chi connectivity index (χ4v) is 1.52. The van der Waals surface area contributed by atoms with E-state index in [1.807, 2.05) is 13.8 Å². The average molecular weight is 224 g/mol. The number of carbonyl (C=O) groups excluding carboxylic acids is 1. The third-order valence-electron chi connectivity index (χ3n) is 2.51. The Hall–Kier alpha value is -1.85. The van der Waals surface area contributed by atoms with Crippen molar-refractivity contribution in [3.05, 3.63) is 22.4 Å². The van der Waals surface area contributed by atoms with E-state index in [2.05, 4.69) is 4.98 Å². The third kappa shape index (κ3) is 2.21. The molecule has 16 heavy (non-hydrogen) atoms. The molecule has 0 saturated carbocycles. The van der Waals surface area contributed by atoms with E-state index in [0.29, 0.717) is 18.7 Å². The Morgan fingerprint density at radius 2 is 2.19 bits per heavy atom. The van der Waals surface area contributed by atoms with E-state index < -0.39 is 11.0 Å². The molecule has 0 aliphatic carbocycles. The molecule has 1 heterocycles. The molecular weight excluding hydrogens is 208 g/mol. The predicted molar refractivity (Wildman–Crippen MR) is 61.4 cm³/mol. The largest absolute Gasteiger partial charge is 0.393 e. The first kappa shape index (κ1) is 12.2. The van der Waals surface area contributed by atoms with Gasteiger partial charge in [0.1, 0.15) is 17.8 Å². The molecule has 0 saturated heterocycles. The molecule has 1 rings (SSSR count). The third-order valence-corrected chi connectivity index (χ3v) is 2.51. The lowest BCUT2D eigenvalue weighted by atomic mass is 9.87. The number of aromatic nitrogens is 2. The van der Waals surface area contributed by atoms with E-state index in [-0.39, 0.29) is 5.69 Å². The summed E-state index contributed by atoms with van der Waals surface area (Å²) in [5.41, 5.74) is 4.50. The number of nitrogen functional groups attached to an aromatic ring is 2. The van der Waals surface area contributed by atoms with Crippen LogP contribution in [0.1, 0.15) is 32.5 Å². The van der Waals surface area contributed by atoms with Crippen molar-refractivity contribution in [1.29, 1.82) is 0 Å². The van der Waals surface area contributed by atoms with Gasteiger partial charge in [0.2, 0.25) is 0 Å². The Morgan fingerprint density at radius 1 is 1.56 bits per heavy atom. The van der Waals surface area contributed by atoms with Crippen LogP contribution in [-0.4, -0.2) is 15.9 Å². The first-order valence-electron chi connectivity index (χ1n) is 4.97. The summed E-state index contributed by atoms with van der Waals surface area (Å²) in [6.45, 7) is 3.75. The molecule has 0 spiro atoms. The van der Waals surface area contributed by atoms with Crippen molar-refractivity contribution in [1.82, 2.24) is 9.66 Å². The second-order valence-corrected chi connectivity index (χ2v) is 4.30. The maximum absolute atomic E-state index is 11.5. The van der Waals surface area contributed by atoms with Crippen molar-refractivity contribution in [3.8, 4) is 0 Å². The summed E-state index contributed by atoms with van der Waals surface area (Å²) in [6.07, 6.45) is 3.10. The molecule has 6 nitrogen and oxygen atoms in total. The van der Waals surface area contributed by atoms with Gasteiger partial charge in [0.05, 0.1) is 6.20 Å². The number of nitrogens with two attached hydrogens (primary N) is 2. The average Bonchev–Trinajstić information content (AvgIpc) is 2.23. The van der Waals surface area contributed by atoms with Gasteiger partial charge in [0.15, 0.2) is 0 Å². The molecule has 0 aliphatic heterocycles. The van der Waals surface area contributed by atoms with Crippen LogP contribution < -0.4 is 17.1 Å². The van der Waals surface area contributed by atoms with Crippen LogP contribution in [0.3, 0.4) is 0 Å². The zero-order valence-electron chi connectivity index (χ0n) is 9.43. The first-order valence-corrected chi connectivity index (χ1v) is 4.97. The number of hydrogen-bond acceptors (Lipinski definition) is 5. The predicted octanol–water partition coefficient (Wildman–Crippen LogP) is -0.204. The number of nitrogens with zero attached hydrogens (tertiary/aromatic N) is 2. The van der Waals surface area contributed by atoms with Gasteiger partial charge in [-0.3, -0.25) is 4.79 Å². The van der Waals surface area contributed by atoms with Crippen molar-refractivity contribution < 1.29 is 4.79 Å². The Kier molecular flexibility index (Phi) is 3.31. The van der Waals surface area contributed by atoms with E-state index in [1.54, 1.807) is 0 Å². The van der Waals surface area contributed by atoms with Crippen LogP contribution in [0.4, 0.5) is 5.69 Å². The summed E-state index contributed by atoms with van der Waals surface area (Å²) in [6, 6.07) is 0. The molecule has 0 aliphatic rings. The maximum Gasteiger partial charge on any atom is 0.295 e. The van der Waals surface area contributed by atoms with Crippen molar-refractivity contribution in [2.75, 3.05) is 11.6 Å². The molecule has 0 fully saturated rings. The van der Waals surface area contributed by atoms with E-state index in [9.17, 15) is 9.59 Å². The number of anilines is 1. The van der Waals surface area contributed by atoms with Gasteiger partial charge >= 0.3 is 0 Å². The van der Waals surface area contributed by atoms with Crippen molar-refractivity contribution in [2.45, 2.75) is 32.1 Å². The molecule has 6 heteroatoms. The van der Waals surface area contributed by atoms with E-state index in [4.69, 9.17) is 11.6 Å². The standard InChI is InChI=1S/C10H16N4O2/c1-10(2,4-3-5-15)9-13-6-7(11)8(16)14(9)12/h5-6H,3-4,11-12H2,1-2H3. The van der Waals surface area contributed by atoms with Crippen LogP contribution in [0.15, 0.2) is 11.0 Å². The fraction of sp³-hybridized carbons (Fsp3) is 0.500. The van der Waals surface area contributed by atoms with Gasteiger partial charge in [0.25, 0.3) is 5.56 Å². The van der Waals surface area contributed by atoms with Crippen LogP contribution in [0.5, 0.6) is 0 Å². The second-order valence-electron chi connectivity index (χ2n) is 4.30. The maximum atomic E-state index is 11.5. The van der Waals surface area contributed by atoms with E-state index in [1.165, 1.54) is 6.20 Å². The van der Waals surface area contributed by atoms with Gasteiger partial charge < -0.3 is 16.4 Å². The molecule has 0 atom stereocenters. The van der Waals surface area contributed by atoms with E-state index >= 15 is 0 Å². The van der Waals surface area contributed by atoms with Crippen molar-refractivity contribution >= 4 is 12.0 Å². The lowest BCUT2D eigenvalue weighted by Crippen LogP contribution is -2.38. The van der Waals surface area contributed by atoms with Gasteiger partial charge in [-0.15, -0.1) is 0 Å². The topological polar surface area (TPSA) is 104 Å². The molecule has 0 aromatic carbocycles. The van der Waals surface area contributed by atoms with Gasteiger partial charge in [-0.1, -0.05) is 13.8 Å². The molecule has 0 unspecified atom stereocenters. The summed E-state index contributed by atoms with van der Waals surface area (Å²) in [7, 11) is 0. The molecule has 0 amide bonds. The molecule has 1 aromatic heterocycles. The van der Waals surface area contributed by atoms with Crippen LogP contribution in [0.25, 0.3) is 0 Å². The van der Waals surface area contributed by atoms with Gasteiger partial charge in [-0.25, -0.2) is 9.66 Å². The Labute approximate surface area is 93.2 Å². The zero-order chi connectivity index (χ0) is 12.3. The van der Waals surface area contributed by atoms with Crippen LogP contribution in [0.2, 0.25) is 0 Å². The van der Waals surface area contributed by atoms with Crippen LogP contribution >= 0.6 is 0 Å². The highest BCUT2D eigenvalue weighted by Crippen LogP contribution is 2.24. The van der Waals surface area contributed by atoms with Gasteiger partial charge in [-0.05, 0) is 6.42 Å². The zero-order valence-corrected chi connectivity index (χ0v) is 9.43. The highest BCUT2D eigenvalue weighted by atomic mass is 16.1. The van der Waals surface area contributed by atoms with Gasteiger partial charge in [0, 0.05) is 11.8 Å². The minimum atomic E-state index is -0.468. The summed E-state index contributed by atoms with van der Waals surface area (Å²) >= 11 is 0. The number of aldehydes is 1. The van der Waals surface area contributed by atoms with Crippen LogP contribution in [0, 0.1) is 0 Å². The molecule has 0 radical (unpaired) electrons. The summed E-state index contributed by atoms with van der Waals surface area (Å²) in [5, 5.41) is 0. The molecular formula is C10H16N4O2. The quantitative estimate of drug-likeness (QED) is 0.544. The smallest absolute Gasteiger partial charge is 0.295 e. The van der Waals surface area contributed by atoms with Crippen molar-refractivity contribution in [2.24, 2.45) is 0 Å². The number of carbonyl (C=O) groups is 1. The normalized spacial score (nSPS) is 11.4. The molecule has 88 valence electrons. The SMILES string of the molecule is CC(C)(CCC=O)c1ncc(N)c(=O)n1N. The summed E-state index contributed by atoms with van der Waals surface area (Å²) in [5.74, 6) is 6.04. The van der Waals surface area contributed by atoms with Gasteiger partial charge in [-0.2, -0.15) is 0 Å². The number of rotatable bonds is 4. The Bertz CT molecular complexity index is 451.